The number of rotatable bonds is 5. The third kappa shape index (κ3) is 4.29. The molecule has 1 aliphatic carbocycles. The Kier molecular flexibility index (Phi) is 5.73. The SMILES string of the molecule is CC(=O)OC[C@]12CCCC[C@H]1N(Cc1ccccc1)C/C2=C\[Si](C)(C)C. The van der Waals surface area contributed by atoms with Crippen molar-refractivity contribution in [1.29, 1.82) is 0 Å². The molecule has 3 nitrogen and oxygen atoms in total. The van der Waals surface area contributed by atoms with Crippen LogP contribution in [-0.2, 0) is 16.1 Å². The predicted molar refractivity (Wildman–Crippen MR) is 110 cm³/mol. The fourth-order valence-electron chi connectivity index (χ4n) is 4.80. The predicted octanol–water partition coefficient (Wildman–Crippen LogP) is 4.80. The summed E-state index contributed by atoms with van der Waals surface area (Å²) in [4.78, 5) is 14.2. The molecule has 2 atom stereocenters. The Bertz CT molecular complexity index is 664. The molecule has 3 rings (SSSR count). The number of likely N-dealkylation sites (tertiary alicyclic amines) is 1. The molecule has 4 heteroatoms. The van der Waals surface area contributed by atoms with E-state index in [1.165, 1.54) is 31.7 Å². The molecule has 0 bridgehead atoms. The van der Waals surface area contributed by atoms with E-state index in [0.29, 0.717) is 12.6 Å². The minimum atomic E-state index is -1.35. The molecule has 1 aromatic carbocycles. The van der Waals surface area contributed by atoms with Crippen LogP contribution in [0.5, 0.6) is 0 Å². The largest absolute Gasteiger partial charge is 0.465 e. The highest BCUT2D eigenvalue weighted by Crippen LogP contribution is 2.51. The maximum Gasteiger partial charge on any atom is 0.302 e. The summed E-state index contributed by atoms with van der Waals surface area (Å²) < 4.78 is 5.64. The van der Waals surface area contributed by atoms with Gasteiger partial charge in [0.15, 0.2) is 0 Å². The van der Waals surface area contributed by atoms with Gasteiger partial charge >= 0.3 is 5.97 Å². The van der Waals surface area contributed by atoms with Crippen LogP contribution in [0, 0.1) is 5.41 Å². The van der Waals surface area contributed by atoms with Gasteiger partial charge in [-0.15, -0.1) is 0 Å². The normalized spacial score (nSPS) is 28.2. The first kappa shape index (κ1) is 19.4. The van der Waals surface area contributed by atoms with Gasteiger partial charge in [0.1, 0.15) is 6.61 Å². The van der Waals surface area contributed by atoms with Crippen molar-refractivity contribution in [2.24, 2.45) is 5.41 Å². The monoisotopic (exact) mass is 371 g/mol. The Hall–Kier alpha value is -1.39. The highest BCUT2D eigenvalue weighted by atomic mass is 28.3. The minimum Gasteiger partial charge on any atom is -0.465 e. The van der Waals surface area contributed by atoms with Crippen molar-refractivity contribution < 1.29 is 9.53 Å². The number of hydrogen-bond donors (Lipinski definition) is 0. The minimum absolute atomic E-state index is 0.0268. The molecule has 0 spiro atoms. The van der Waals surface area contributed by atoms with Gasteiger partial charge in [0, 0.05) is 31.5 Å². The van der Waals surface area contributed by atoms with E-state index in [1.54, 1.807) is 5.57 Å². The summed E-state index contributed by atoms with van der Waals surface area (Å²) in [6, 6.07) is 11.2. The average molecular weight is 372 g/mol. The van der Waals surface area contributed by atoms with Gasteiger partial charge in [0.05, 0.1) is 8.07 Å². The standard InChI is InChI=1S/C22H33NO2Si/c1-18(24)25-17-22-13-9-8-12-21(22)23(14-19-10-6-5-7-11-19)15-20(22)16-26(2,3)4/h5-7,10-11,16,21H,8-9,12-15,17H2,1-4H3/b20-16+/t21-,22+/m1/s1. The third-order valence-electron chi connectivity index (χ3n) is 5.81. The molecule has 2 aliphatic rings. The summed E-state index contributed by atoms with van der Waals surface area (Å²) in [5, 5.41) is 0. The van der Waals surface area contributed by atoms with Gasteiger partial charge in [-0.25, -0.2) is 0 Å². The Labute approximate surface area is 159 Å². The van der Waals surface area contributed by atoms with Crippen molar-refractivity contribution in [1.82, 2.24) is 4.90 Å². The molecule has 0 amide bonds. The zero-order valence-corrected chi connectivity index (χ0v) is 17.8. The summed E-state index contributed by atoms with van der Waals surface area (Å²) in [5.74, 6) is -0.155. The quantitative estimate of drug-likeness (QED) is 0.550. The first-order valence-corrected chi connectivity index (χ1v) is 13.5. The lowest BCUT2D eigenvalue weighted by Gasteiger charge is -2.42. The maximum atomic E-state index is 11.6. The van der Waals surface area contributed by atoms with E-state index in [2.05, 4.69) is 60.6 Å². The molecule has 1 aliphatic heterocycles. The van der Waals surface area contributed by atoms with Gasteiger partial charge in [0.2, 0.25) is 0 Å². The summed E-state index contributed by atoms with van der Waals surface area (Å²) in [6.07, 6.45) is 4.86. The average Bonchev–Trinajstić information content (AvgIpc) is 2.86. The molecule has 0 N–H and O–H groups in total. The molecule has 0 unspecified atom stereocenters. The van der Waals surface area contributed by atoms with Crippen LogP contribution >= 0.6 is 0 Å². The molecule has 1 saturated heterocycles. The lowest BCUT2D eigenvalue weighted by Crippen LogP contribution is -2.45. The van der Waals surface area contributed by atoms with Crippen LogP contribution in [0.4, 0.5) is 0 Å². The number of nitrogens with zero attached hydrogens (tertiary/aromatic N) is 1. The lowest BCUT2D eigenvalue weighted by atomic mass is 9.69. The molecule has 0 aromatic heterocycles. The first-order valence-electron chi connectivity index (χ1n) is 9.94. The van der Waals surface area contributed by atoms with Crippen LogP contribution in [0.3, 0.4) is 0 Å². The van der Waals surface area contributed by atoms with E-state index in [1.807, 2.05) is 0 Å². The van der Waals surface area contributed by atoms with Crippen molar-refractivity contribution in [3.63, 3.8) is 0 Å². The Balaban J connectivity index is 1.94. The summed E-state index contributed by atoms with van der Waals surface area (Å²) in [7, 11) is -1.35. The summed E-state index contributed by atoms with van der Waals surface area (Å²) >= 11 is 0. The van der Waals surface area contributed by atoms with Gasteiger partial charge in [-0.05, 0) is 18.4 Å². The van der Waals surface area contributed by atoms with E-state index in [-0.39, 0.29) is 11.4 Å². The first-order chi connectivity index (χ1) is 12.3. The van der Waals surface area contributed by atoms with Gasteiger partial charge in [-0.1, -0.05) is 74.1 Å². The molecule has 1 saturated carbocycles. The van der Waals surface area contributed by atoms with Crippen LogP contribution in [0.15, 0.2) is 41.6 Å². The fraction of sp³-hybridized carbons (Fsp3) is 0.591. The Morgan fingerprint density at radius 3 is 2.65 bits per heavy atom. The Morgan fingerprint density at radius 1 is 1.27 bits per heavy atom. The zero-order chi connectivity index (χ0) is 18.8. The lowest BCUT2D eigenvalue weighted by molar-refractivity contribution is -0.145. The van der Waals surface area contributed by atoms with Gasteiger partial charge < -0.3 is 4.74 Å². The van der Waals surface area contributed by atoms with Crippen LogP contribution < -0.4 is 0 Å². The Morgan fingerprint density at radius 2 is 2.00 bits per heavy atom. The molecule has 142 valence electrons. The van der Waals surface area contributed by atoms with Gasteiger partial charge in [-0.2, -0.15) is 0 Å². The molecular weight excluding hydrogens is 338 g/mol. The zero-order valence-electron chi connectivity index (χ0n) is 16.8. The number of carbonyl (C=O) groups excluding carboxylic acids is 1. The summed E-state index contributed by atoms with van der Waals surface area (Å²) in [6.45, 7) is 11.3. The van der Waals surface area contributed by atoms with E-state index >= 15 is 0 Å². The molecule has 1 heterocycles. The van der Waals surface area contributed by atoms with Gasteiger partial charge in [0.25, 0.3) is 0 Å². The second-order valence-electron chi connectivity index (χ2n) is 9.12. The number of carbonyl (C=O) groups is 1. The van der Waals surface area contributed by atoms with Crippen molar-refractivity contribution in [3.05, 3.63) is 47.2 Å². The van der Waals surface area contributed by atoms with E-state index in [9.17, 15) is 4.79 Å². The smallest absolute Gasteiger partial charge is 0.302 e. The van der Waals surface area contributed by atoms with Gasteiger partial charge in [-0.3, -0.25) is 9.69 Å². The number of benzene rings is 1. The van der Waals surface area contributed by atoms with E-state index < -0.39 is 8.07 Å². The van der Waals surface area contributed by atoms with Crippen LogP contribution in [0.1, 0.15) is 38.2 Å². The third-order valence-corrected chi connectivity index (χ3v) is 7.03. The van der Waals surface area contributed by atoms with Crippen molar-refractivity contribution >= 4 is 14.0 Å². The second kappa shape index (κ2) is 7.69. The maximum absolute atomic E-state index is 11.6. The molecule has 0 radical (unpaired) electrons. The number of ether oxygens (including phenoxy) is 1. The van der Waals surface area contributed by atoms with Crippen LogP contribution in [-0.4, -0.2) is 38.1 Å². The van der Waals surface area contributed by atoms with Crippen molar-refractivity contribution in [2.45, 2.75) is 64.8 Å². The van der Waals surface area contributed by atoms with Crippen LogP contribution in [0.2, 0.25) is 19.6 Å². The highest BCUT2D eigenvalue weighted by molar-refractivity contribution is 6.81. The molecular formula is C22H33NO2Si. The molecule has 1 aromatic rings. The molecule has 2 fully saturated rings. The van der Waals surface area contributed by atoms with E-state index in [4.69, 9.17) is 4.74 Å². The number of fused-ring (bicyclic) bond motifs is 1. The fourth-order valence-corrected chi connectivity index (χ4v) is 6.23. The number of esters is 1. The second-order valence-corrected chi connectivity index (χ2v) is 14.1. The van der Waals surface area contributed by atoms with E-state index in [0.717, 1.165) is 19.5 Å². The number of hydrogen-bond acceptors (Lipinski definition) is 3. The van der Waals surface area contributed by atoms with Crippen molar-refractivity contribution in [2.75, 3.05) is 13.2 Å². The van der Waals surface area contributed by atoms with Crippen molar-refractivity contribution in [3.8, 4) is 0 Å². The molecule has 26 heavy (non-hydrogen) atoms. The van der Waals surface area contributed by atoms with Crippen LogP contribution in [0.25, 0.3) is 0 Å². The summed E-state index contributed by atoms with van der Waals surface area (Å²) in [5.41, 5.74) is 5.52. The highest BCUT2D eigenvalue weighted by Gasteiger charge is 2.52. The topological polar surface area (TPSA) is 29.5 Å².